The monoisotopic (exact) mass is 546 g/mol. The van der Waals surface area contributed by atoms with Crippen LogP contribution in [0.4, 0.5) is 0 Å². The largest absolute Gasteiger partial charge is 0.329 e. The van der Waals surface area contributed by atoms with Gasteiger partial charge in [0.1, 0.15) is 0 Å². The lowest BCUT2D eigenvalue weighted by atomic mass is 9.86. The maximum absolute atomic E-state index is 13.5. The molecule has 9 heteroatoms. The number of amides is 1. The van der Waals surface area contributed by atoms with Gasteiger partial charge in [-0.15, -0.1) is 0 Å². The van der Waals surface area contributed by atoms with Crippen molar-refractivity contribution in [2.24, 2.45) is 5.92 Å². The fourth-order valence-corrected chi connectivity index (χ4v) is 7.20. The first-order valence-corrected chi connectivity index (χ1v) is 14.4. The number of halogens is 2. The molecule has 1 amide bonds. The van der Waals surface area contributed by atoms with Gasteiger partial charge in [-0.3, -0.25) is 9.59 Å². The molecule has 1 heterocycles. The van der Waals surface area contributed by atoms with Crippen molar-refractivity contribution < 1.29 is 18.0 Å². The molecule has 190 valence electrons. The summed E-state index contributed by atoms with van der Waals surface area (Å²) in [4.78, 5) is 28.5. The molecule has 0 aromatic heterocycles. The topological polar surface area (TPSA) is 95.3 Å². The van der Waals surface area contributed by atoms with Crippen molar-refractivity contribution in [3.63, 3.8) is 0 Å². The molecule has 0 N–H and O–H groups in total. The number of carbonyl (C=O) groups excluding carboxylic acids is 2. The molecule has 2 aromatic carbocycles. The van der Waals surface area contributed by atoms with E-state index in [4.69, 9.17) is 28.5 Å². The molecular formula is C27H28Cl2N2O4S. The number of nitrogens with zero attached hydrogens (tertiary/aromatic N) is 2. The van der Waals surface area contributed by atoms with E-state index in [2.05, 4.69) is 6.07 Å². The second-order valence-electron chi connectivity index (χ2n) is 9.75. The van der Waals surface area contributed by atoms with Gasteiger partial charge in [0.15, 0.2) is 15.6 Å². The summed E-state index contributed by atoms with van der Waals surface area (Å²) in [6, 6.07) is 12.9. The summed E-state index contributed by atoms with van der Waals surface area (Å²) in [5.41, 5.74) is 1.16. The number of benzene rings is 2. The minimum Gasteiger partial charge on any atom is -0.329 e. The molecule has 1 saturated carbocycles. The van der Waals surface area contributed by atoms with Crippen LogP contribution in [0, 0.1) is 17.2 Å². The lowest BCUT2D eigenvalue weighted by molar-refractivity contribution is -0.124. The average molecular weight is 548 g/mol. The zero-order valence-corrected chi connectivity index (χ0v) is 22.3. The highest BCUT2D eigenvalue weighted by Crippen LogP contribution is 2.36. The summed E-state index contributed by atoms with van der Waals surface area (Å²) in [6.45, 7) is 2.39. The highest BCUT2D eigenvalue weighted by molar-refractivity contribution is 7.92. The second-order valence-corrected chi connectivity index (χ2v) is 12.8. The van der Waals surface area contributed by atoms with Crippen molar-refractivity contribution in [2.45, 2.75) is 67.6 Å². The fourth-order valence-electron chi connectivity index (χ4n) is 4.97. The Bertz CT molecular complexity index is 1320. The summed E-state index contributed by atoms with van der Waals surface area (Å²) >= 11 is 12.2. The van der Waals surface area contributed by atoms with E-state index in [1.165, 1.54) is 12.1 Å². The Morgan fingerprint density at radius 2 is 1.86 bits per heavy atom. The van der Waals surface area contributed by atoms with E-state index in [1.807, 2.05) is 13.0 Å². The van der Waals surface area contributed by atoms with Crippen molar-refractivity contribution >= 4 is 44.7 Å². The van der Waals surface area contributed by atoms with Gasteiger partial charge in [0.2, 0.25) is 0 Å². The first kappa shape index (κ1) is 26.7. The number of likely N-dealkylation sites (tertiary alicyclic amines) is 1. The summed E-state index contributed by atoms with van der Waals surface area (Å²) < 4.78 is 26.0. The summed E-state index contributed by atoms with van der Waals surface area (Å²) in [7, 11) is -3.62. The Kier molecular flexibility index (Phi) is 8.09. The molecular weight excluding hydrogens is 519 g/mol. The van der Waals surface area contributed by atoms with E-state index in [0.717, 1.165) is 18.4 Å². The quantitative estimate of drug-likeness (QED) is 0.435. The summed E-state index contributed by atoms with van der Waals surface area (Å²) in [6.07, 6.45) is 3.09. The molecule has 1 aliphatic heterocycles. The maximum Gasteiger partial charge on any atom is 0.254 e. The number of Topliss-reactive ketones (excluding diaryl/α,β-unsaturated/α-hetero) is 1. The number of ketones is 1. The average Bonchev–Trinajstić information content (AvgIpc) is 2.84. The van der Waals surface area contributed by atoms with E-state index in [9.17, 15) is 18.0 Å². The third-order valence-electron chi connectivity index (χ3n) is 7.28. The van der Waals surface area contributed by atoms with Gasteiger partial charge in [-0.2, -0.15) is 5.26 Å². The third kappa shape index (κ3) is 5.46. The van der Waals surface area contributed by atoms with Crippen LogP contribution in [0.2, 0.25) is 10.0 Å². The second kappa shape index (κ2) is 10.9. The lowest BCUT2D eigenvalue weighted by Crippen LogP contribution is -2.48. The van der Waals surface area contributed by atoms with Gasteiger partial charge in [-0.25, -0.2) is 8.42 Å². The van der Waals surface area contributed by atoms with Gasteiger partial charge in [0.25, 0.3) is 5.91 Å². The van der Waals surface area contributed by atoms with Gasteiger partial charge >= 0.3 is 0 Å². The summed E-state index contributed by atoms with van der Waals surface area (Å²) in [5.74, 6) is -0.696. The Balaban J connectivity index is 1.50. The summed E-state index contributed by atoms with van der Waals surface area (Å²) in [5, 5.41) is 9.27. The molecule has 1 saturated heterocycles. The molecule has 2 aromatic rings. The highest BCUT2D eigenvalue weighted by Gasteiger charge is 2.40. The molecule has 0 unspecified atom stereocenters. The minimum absolute atomic E-state index is 0.0255. The zero-order valence-electron chi connectivity index (χ0n) is 20.0. The highest BCUT2D eigenvalue weighted by atomic mass is 35.5. The standard InChI is InChI=1S/C27H28Cl2N2O4S/c1-17(19-8-9-23(28)24(29)15-19)11-26(32)25-7-2-3-10-31(25)27(33)20-5-4-6-21(14-20)36(34,35)22-12-18(13-22)16-30/h4-6,8-9,14-15,17-18,22,25H,2-3,7,10-13H2,1H3/t17-,18?,22?,25+/m0/s1. The van der Waals surface area contributed by atoms with Crippen LogP contribution >= 0.6 is 23.2 Å². The van der Waals surface area contributed by atoms with Gasteiger partial charge in [0.05, 0.1) is 32.3 Å². The molecule has 0 spiro atoms. The van der Waals surface area contributed by atoms with Crippen LogP contribution in [0.15, 0.2) is 47.4 Å². The number of hydrogen-bond acceptors (Lipinski definition) is 5. The predicted octanol–water partition coefficient (Wildman–Crippen LogP) is 5.83. The fraction of sp³-hybridized carbons (Fsp3) is 0.444. The van der Waals surface area contributed by atoms with Crippen LogP contribution < -0.4 is 0 Å². The Morgan fingerprint density at radius 3 is 2.56 bits per heavy atom. The first-order chi connectivity index (χ1) is 17.1. The number of carbonyl (C=O) groups is 2. The molecule has 4 rings (SSSR count). The number of sulfone groups is 1. The van der Waals surface area contributed by atoms with Crippen molar-refractivity contribution in [3.05, 3.63) is 63.6 Å². The van der Waals surface area contributed by atoms with E-state index >= 15 is 0 Å². The van der Waals surface area contributed by atoms with Crippen LogP contribution in [0.25, 0.3) is 0 Å². The van der Waals surface area contributed by atoms with Gasteiger partial charge < -0.3 is 4.90 Å². The lowest BCUT2D eigenvalue weighted by Gasteiger charge is -2.35. The maximum atomic E-state index is 13.5. The molecule has 1 aliphatic carbocycles. The van der Waals surface area contributed by atoms with Gasteiger partial charge in [-0.1, -0.05) is 42.3 Å². The van der Waals surface area contributed by atoms with Crippen LogP contribution in [0.5, 0.6) is 0 Å². The van der Waals surface area contributed by atoms with Crippen LogP contribution in [0.1, 0.15) is 67.3 Å². The van der Waals surface area contributed by atoms with Gasteiger partial charge in [-0.05, 0) is 73.9 Å². The minimum atomic E-state index is -3.62. The van der Waals surface area contributed by atoms with Crippen molar-refractivity contribution in [2.75, 3.05) is 6.54 Å². The van der Waals surface area contributed by atoms with E-state index in [-0.39, 0.29) is 40.4 Å². The number of piperidine rings is 1. The third-order valence-corrected chi connectivity index (χ3v) is 10.2. The van der Waals surface area contributed by atoms with E-state index in [1.54, 1.807) is 29.2 Å². The normalized spacial score (nSPS) is 22.8. The Morgan fingerprint density at radius 1 is 1.11 bits per heavy atom. The van der Waals surface area contributed by atoms with Crippen molar-refractivity contribution in [1.29, 1.82) is 5.26 Å². The predicted molar refractivity (Wildman–Crippen MR) is 139 cm³/mol. The first-order valence-electron chi connectivity index (χ1n) is 12.1. The SMILES string of the molecule is C[C@@H](CC(=O)[C@H]1CCCCN1C(=O)c1cccc(S(=O)(=O)C2CC(C#N)C2)c1)c1ccc(Cl)c(Cl)c1. The number of rotatable bonds is 7. The number of nitriles is 1. The Labute approximate surface area is 222 Å². The van der Waals surface area contributed by atoms with E-state index < -0.39 is 21.1 Å². The van der Waals surface area contributed by atoms with Gasteiger partial charge in [0, 0.05) is 24.4 Å². The molecule has 0 radical (unpaired) electrons. The molecule has 2 fully saturated rings. The molecule has 2 atom stereocenters. The van der Waals surface area contributed by atoms with Crippen LogP contribution in [0.3, 0.4) is 0 Å². The molecule has 6 nitrogen and oxygen atoms in total. The molecule has 36 heavy (non-hydrogen) atoms. The van der Waals surface area contributed by atoms with Crippen LogP contribution in [-0.4, -0.2) is 42.8 Å². The van der Waals surface area contributed by atoms with Crippen LogP contribution in [-0.2, 0) is 14.6 Å². The number of hydrogen-bond donors (Lipinski definition) is 0. The smallest absolute Gasteiger partial charge is 0.254 e. The zero-order chi connectivity index (χ0) is 26.0. The Hall–Kier alpha value is -2.40. The van der Waals surface area contributed by atoms with Crippen molar-refractivity contribution in [1.82, 2.24) is 4.90 Å². The molecule has 0 bridgehead atoms. The van der Waals surface area contributed by atoms with Crippen molar-refractivity contribution in [3.8, 4) is 6.07 Å². The van der Waals surface area contributed by atoms with E-state index in [0.29, 0.717) is 35.9 Å². The molecule has 2 aliphatic rings.